The van der Waals surface area contributed by atoms with Crippen LogP contribution in [0.1, 0.15) is 58.3 Å². The van der Waals surface area contributed by atoms with Crippen LogP contribution in [-0.4, -0.2) is 22.7 Å². The van der Waals surface area contributed by atoms with Crippen molar-refractivity contribution in [2.24, 2.45) is 35.0 Å². The summed E-state index contributed by atoms with van der Waals surface area (Å²) in [6, 6.07) is 0. The van der Waals surface area contributed by atoms with Crippen molar-refractivity contribution in [3.05, 3.63) is 11.8 Å². The van der Waals surface area contributed by atoms with Crippen LogP contribution in [0.4, 0.5) is 0 Å². The Morgan fingerprint density at radius 3 is 2.25 bits per heavy atom. The van der Waals surface area contributed by atoms with Gasteiger partial charge in [-0.05, 0) is 126 Å². The molecule has 0 amide bonds. The van der Waals surface area contributed by atoms with Crippen LogP contribution in [0.2, 0.25) is 39.3 Å². The van der Waals surface area contributed by atoms with Crippen molar-refractivity contribution in [2.75, 3.05) is 0 Å². The maximum absolute atomic E-state index is 6.61. The highest BCUT2D eigenvalue weighted by Gasteiger charge is 2.56. The summed E-state index contributed by atoms with van der Waals surface area (Å²) in [7, 11) is -2.93. The number of allylic oxidation sites excluding steroid dienone is 2. The average Bonchev–Trinajstić information content (AvgIpc) is 2.88. The molecule has 160 valence electrons. The predicted octanol–water partition coefficient (Wildman–Crippen LogP) is 7.20. The number of hydrogen-bond donors (Lipinski definition) is 0. The van der Waals surface area contributed by atoms with Crippen LogP contribution >= 0.6 is 0 Å². The molecule has 28 heavy (non-hydrogen) atoms. The fraction of sp³-hybridized carbons (Fsp3) is 0.917. The number of fused-ring (bicyclic) bond motifs is 5. The molecule has 4 rings (SSSR count). The monoisotopic (exact) mass is 420 g/mol. The van der Waals surface area contributed by atoms with Crippen LogP contribution in [0.5, 0.6) is 0 Å². The maximum Gasteiger partial charge on any atom is 0.241 e. The Balaban J connectivity index is 1.44. The van der Waals surface area contributed by atoms with Crippen LogP contribution < -0.4 is 0 Å². The van der Waals surface area contributed by atoms with Crippen LogP contribution in [-0.2, 0) is 8.85 Å². The minimum absolute atomic E-state index is 0.326. The highest BCUT2D eigenvalue weighted by atomic mass is 28.4. The molecule has 3 fully saturated rings. The molecule has 4 heteroatoms. The summed E-state index contributed by atoms with van der Waals surface area (Å²) in [5.74, 6) is 6.05. The van der Waals surface area contributed by atoms with Gasteiger partial charge in [0.05, 0.1) is 5.76 Å². The first-order chi connectivity index (χ1) is 13.0. The topological polar surface area (TPSA) is 18.5 Å². The summed E-state index contributed by atoms with van der Waals surface area (Å²) in [4.78, 5) is 0. The van der Waals surface area contributed by atoms with E-state index in [0.717, 1.165) is 29.6 Å². The lowest BCUT2D eigenvalue weighted by molar-refractivity contribution is -0.0663. The van der Waals surface area contributed by atoms with Gasteiger partial charge < -0.3 is 8.85 Å². The van der Waals surface area contributed by atoms with Crippen molar-refractivity contribution < 1.29 is 8.85 Å². The molecule has 2 nitrogen and oxygen atoms in total. The predicted molar refractivity (Wildman–Crippen MR) is 123 cm³/mol. The summed E-state index contributed by atoms with van der Waals surface area (Å²) in [6.07, 6.45) is 14.1. The molecule has 0 N–H and O–H groups in total. The lowest BCUT2D eigenvalue weighted by atomic mass is 9.50. The van der Waals surface area contributed by atoms with Gasteiger partial charge in [0, 0.05) is 11.5 Å². The molecule has 0 aromatic rings. The van der Waals surface area contributed by atoms with E-state index < -0.39 is 16.6 Å². The highest BCUT2D eigenvalue weighted by Crippen LogP contribution is 2.63. The molecule has 0 bridgehead atoms. The van der Waals surface area contributed by atoms with Gasteiger partial charge in [0.2, 0.25) is 8.32 Å². The molecule has 4 aliphatic carbocycles. The third-order valence-corrected chi connectivity index (χ3v) is 10.2. The van der Waals surface area contributed by atoms with Gasteiger partial charge in [-0.15, -0.1) is 0 Å². The van der Waals surface area contributed by atoms with Gasteiger partial charge in [0.15, 0.2) is 8.32 Å². The van der Waals surface area contributed by atoms with E-state index in [1.807, 2.05) is 0 Å². The van der Waals surface area contributed by atoms with E-state index in [9.17, 15) is 0 Å². The maximum atomic E-state index is 6.61. The van der Waals surface area contributed by atoms with E-state index in [4.69, 9.17) is 8.85 Å². The standard InChI is InChI=1S/C24H44O2Si2/c1-24-15-14-20-19-11-9-18(25-27(2,3)4)16-17(19)8-10-21(20)22(24)12-13-23(24)26-28(5,6)7/h13,17-22H,8-12,14-16H2,1-7H3/t17-,18-,19?,20?,21?,22?,24-/m0/s1. The van der Waals surface area contributed by atoms with Crippen molar-refractivity contribution in [1.29, 1.82) is 0 Å². The largest absolute Gasteiger partial charge is 0.547 e. The van der Waals surface area contributed by atoms with Gasteiger partial charge >= 0.3 is 0 Å². The third-order valence-electron chi connectivity index (χ3n) is 8.35. The zero-order chi connectivity index (χ0) is 20.3. The van der Waals surface area contributed by atoms with Crippen LogP contribution in [0.15, 0.2) is 11.8 Å². The van der Waals surface area contributed by atoms with E-state index in [2.05, 4.69) is 52.3 Å². The van der Waals surface area contributed by atoms with E-state index in [1.165, 1.54) is 57.1 Å². The molecule has 0 aliphatic heterocycles. The Hall–Kier alpha value is -0.0662. The minimum Gasteiger partial charge on any atom is -0.547 e. The van der Waals surface area contributed by atoms with Gasteiger partial charge in [-0.1, -0.05) is 6.92 Å². The molecule has 0 aromatic carbocycles. The van der Waals surface area contributed by atoms with E-state index in [-0.39, 0.29) is 0 Å². The Kier molecular flexibility index (Phi) is 5.49. The Morgan fingerprint density at radius 2 is 1.57 bits per heavy atom. The van der Waals surface area contributed by atoms with Gasteiger partial charge in [0.1, 0.15) is 0 Å². The Bertz CT molecular complexity index is 617. The van der Waals surface area contributed by atoms with Crippen molar-refractivity contribution in [3.63, 3.8) is 0 Å². The lowest BCUT2D eigenvalue weighted by Gasteiger charge is -2.56. The summed E-state index contributed by atoms with van der Waals surface area (Å²) >= 11 is 0. The quantitative estimate of drug-likeness (QED) is 0.447. The number of rotatable bonds is 4. The van der Waals surface area contributed by atoms with Gasteiger partial charge in [-0.2, -0.15) is 0 Å². The first kappa shape index (κ1) is 21.2. The van der Waals surface area contributed by atoms with Crippen LogP contribution in [0.3, 0.4) is 0 Å². The molecule has 4 aliphatic rings. The molecule has 0 radical (unpaired) electrons. The van der Waals surface area contributed by atoms with Crippen LogP contribution in [0, 0.1) is 35.0 Å². The summed E-state index contributed by atoms with van der Waals surface area (Å²) in [5.41, 5.74) is 0.326. The molecule has 4 unspecified atom stereocenters. The lowest BCUT2D eigenvalue weighted by Crippen LogP contribution is -2.49. The van der Waals surface area contributed by atoms with E-state index in [1.54, 1.807) is 0 Å². The smallest absolute Gasteiger partial charge is 0.241 e. The van der Waals surface area contributed by atoms with Crippen molar-refractivity contribution in [2.45, 2.75) is 104 Å². The molecular formula is C24H44O2Si2. The SMILES string of the molecule is C[C@]12CCC3C(CC[C@H]4C[C@@H](O[Si](C)(C)C)CCC34)C1CC=C2O[Si](C)(C)C. The molecule has 0 aromatic heterocycles. The minimum atomic E-state index is -1.52. The van der Waals surface area contributed by atoms with E-state index >= 15 is 0 Å². The summed E-state index contributed by atoms with van der Waals surface area (Å²) < 4.78 is 13.1. The zero-order valence-electron chi connectivity index (χ0n) is 19.5. The molecular weight excluding hydrogens is 376 g/mol. The van der Waals surface area contributed by atoms with Crippen molar-refractivity contribution in [1.82, 2.24) is 0 Å². The van der Waals surface area contributed by atoms with Crippen LogP contribution in [0.25, 0.3) is 0 Å². The molecule has 7 atom stereocenters. The van der Waals surface area contributed by atoms with Gasteiger partial charge in [-0.3, -0.25) is 0 Å². The zero-order valence-corrected chi connectivity index (χ0v) is 21.5. The fourth-order valence-electron chi connectivity index (χ4n) is 7.43. The summed E-state index contributed by atoms with van der Waals surface area (Å²) in [6.45, 7) is 16.6. The average molecular weight is 421 g/mol. The first-order valence-electron chi connectivity index (χ1n) is 12.0. The van der Waals surface area contributed by atoms with E-state index in [0.29, 0.717) is 11.5 Å². The molecule has 0 saturated heterocycles. The first-order valence-corrected chi connectivity index (χ1v) is 18.9. The summed E-state index contributed by atoms with van der Waals surface area (Å²) in [5, 5.41) is 0. The molecule has 3 saturated carbocycles. The van der Waals surface area contributed by atoms with Crippen molar-refractivity contribution in [3.8, 4) is 0 Å². The third kappa shape index (κ3) is 4.07. The van der Waals surface area contributed by atoms with Gasteiger partial charge in [-0.25, -0.2) is 0 Å². The molecule has 0 spiro atoms. The Morgan fingerprint density at radius 1 is 0.857 bits per heavy atom. The number of hydrogen-bond acceptors (Lipinski definition) is 2. The normalized spacial score (nSPS) is 43.6. The Labute approximate surface area is 176 Å². The fourth-order valence-corrected chi connectivity index (χ4v) is 9.62. The van der Waals surface area contributed by atoms with Crippen molar-refractivity contribution >= 4 is 16.6 Å². The second-order valence-corrected chi connectivity index (χ2v) is 21.5. The molecule has 0 heterocycles. The highest BCUT2D eigenvalue weighted by molar-refractivity contribution is 6.70. The van der Waals surface area contributed by atoms with Gasteiger partial charge in [0.25, 0.3) is 0 Å². The second kappa shape index (κ2) is 7.27. The second-order valence-electron chi connectivity index (χ2n) is 12.6.